The van der Waals surface area contributed by atoms with Crippen LogP contribution in [0, 0.1) is 5.92 Å². The average molecular weight is 327 g/mol. The van der Waals surface area contributed by atoms with E-state index >= 15 is 0 Å². The van der Waals surface area contributed by atoms with Crippen LogP contribution >= 0.6 is 0 Å². The van der Waals surface area contributed by atoms with Crippen LogP contribution in [0.4, 0.5) is 0 Å². The molecular weight excluding hydrogens is 284 g/mol. The molecule has 0 aromatic carbocycles. The Hall–Kier alpha value is -0.530. The highest BCUT2D eigenvalue weighted by atomic mass is 16.5. The largest absolute Gasteiger partial charge is 0.469 e. The number of rotatable bonds is 17. The van der Waals surface area contributed by atoms with Crippen molar-refractivity contribution in [3.8, 4) is 0 Å². The molecule has 0 rings (SSSR count). The van der Waals surface area contributed by atoms with Gasteiger partial charge in [0.25, 0.3) is 0 Å². The van der Waals surface area contributed by atoms with Crippen molar-refractivity contribution in [3.05, 3.63) is 0 Å². The summed E-state index contributed by atoms with van der Waals surface area (Å²) in [7, 11) is 1.51. The summed E-state index contributed by atoms with van der Waals surface area (Å²) in [6, 6.07) is 0. The maximum atomic E-state index is 11.6. The first-order chi connectivity index (χ1) is 11.3. The molecular formula is C21H42O2. The molecule has 1 unspecified atom stereocenters. The van der Waals surface area contributed by atoms with Crippen LogP contribution < -0.4 is 0 Å². The first-order valence-electron chi connectivity index (χ1n) is 10.3. The van der Waals surface area contributed by atoms with Crippen molar-refractivity contribution in [2.24, 2.45) is 5.92 Å². The Morgan fingerprint density at radius 2 is 1.09 bits per heavy atom. The average Bonchev–Trinajstić information content (AvgIpc) is 2.57. The molecule has 23 heavy (non-hydrogen) atoms. The Labute approximate surface area is 145 Å². The van der Waals surface area contributed by atoms with Crippen LogP contribution in [-0.2, 0) is 9.53 Å². The van der Waals surface area contributed by atoms with E-state index in [0.717, 1.165) is 19.3 Å². The molecule has 0 saturated heterocycles. The van der Waals surface area contributed by atoms with Crippen molar-refractivity contribution in [1.29, 1.82) is 0 Å². The van der Waals surface area contributed by atoms with E-state index in [0.29, 0.717) is 0 Å². The van der Waals surface area contributed by atoms with Gasteiger partial charge in [-0.2, -0.15) is 0 Å². The highest BCUT2D eigenvalue weighted by Gasteiger charge is 2.17. The summed E-state index contributed by atoms with van der Waals surface area (Å²) >= 11 is 0. The van der Waals surface area contributed by atoms with Gasteiger partial charge in [0.15, 0.2) is 0 Å². The lowest BCUT2D eigenvalue weighted by molar-refractivity contribution is -0.146. The van der Waals surface area contributed by atoms with Gasteiger partial charge in [-0.3, -0.25) is 4.79 Å². The van der Waals surface area contributed by atoms with E-state index in [-0.39, 0.29) is 11.9 Å². The maximum Gasteiger partial charge on any atom is 0.308 e. The van der Waals surface area contributed by atoms with Gasteiger partial charge in [0, 0.05) is 0 Å². The molecule has 2 heteroatoms. The van der Waals surface area contributed by atoms with Crippen LogP contribution in [0.2, 0.25) is 0 Å². The predicted octanol–water partition coefficient (Wildman–Crippen LogP) is 7.06. The first kappa shape index (κ1) is 22.5. The first-order valence-corrected chi connectivity index (χ1v) is 10.3. The van der Waals surface area contributed by atoms with Gasteiger partial charge >= 0.3 is 5.97 Å². The number of methoxy groups -OCH3 is 1. The van der Waals surface area contributed by atoms with E-state index in [1.54, 1.807) is 0 Å². The monoisotopic (exact) mass is 326 g/mol. The van der Waals surface area contributed by atoms with Gasteiger partial charge in [-0.25, -0.2) is 0 Å². The highest BCUT2D eigenvalue weighted by Crippen LogP contribution is 2.18. The third-order valence-corrected chi connectivity index (χ3v) is 4.83. The van der Waals surface area contributed by atoms with E-state index in [1.807, 2.05) is 0 Å². The van der Waals surface area contributed by atoms with E-state index in [2.05, 4.69) is 13.8 Å². The zero-order chi connectivity index (χ0) is 17.2. The zero-order valence-electron chi connectivity index (χ0n) is 16.2. The number of unbranched alkanes of at least 4 members (excludes halogenated alkanes) is 12. The van der Waals surface area contributed by atoms with Gasteiger partial charge in [-0.15, -0.1) is 0 Å². The third-order valence-electron chi connectivity index (χ3n) is 4.83. The molecule has 0 aliphatic rings. The minimum Gasteiger partial charge on any atom is -0.469 e. The lowest BCUT2D eigenvalue weighted by Crippen LogP contribution is -2.15. The van der Waals surface area contributed by atoms with Crippen LogP contribution in [0.3, 0.4) is 0 Å². The highest BCUT2D eigenvalue weighted by molar-refractivity contribution is 5.72. The number of esters is 1. The van der Waals surface area contributed by atoms with E-state index in [1.165, 1.54) is 90.6 Å². The second-order valence-corrected chi connectivity index (χ2v) is 7.04. The molecule has 0 heterocycles. The van der Waals surface area contributed by atoms with Gasteiger partial charge < -0.3 is 4.74 Å². The topological polar surface area (TPSA) is 26.3 Å². The van der Waals surface area contributed by atoms with Crippen molar-refractivity contribution in [3.63, 3.8) is 0 Å². The van der Waals surface area contributed by atoms with E-state index < -0.39 is 0 Å². The molecule has 0 fully saturated rings. The number of hydrogen-bond acceptors (Lipinski definition) is 2. The van der Waals surface area contributed by atoms with Crippen LogP contribution in [0.1, 0.15) is 117 Å². The van der Waals surface area contributed by atoms with Gasteiger partial charge in [0.1, 0.15) is 0 Å². The van der Waals surface area contributed by atoms with Crippen LogP contribution in [0.25, 0.3) is 0 Å². The molecule has 138 valence electrons. The molecule has 0 spiro atoms. The molecule has 1 atom stereocenters. The predicted molar refractivity (Wildman–Crippen MR) is 101 cm³/mol. The van der Waals surface area contributed by atoms with Crippen LogP contribution in [0.5, 0.6) is 0 Å². The third kappa shape index (κ3) is 14.8. The van der Waals surface area contributed by atoms with Crippen molar-refractivity contribution < 1.29 is 9.53 Å². The Bertz CT molecular complexity index is 250. The maximum absolute atomic E-state index is 11.6. The van der Waals surface area contributed by atoms with Gasteiger partial charge in [0.05, 0.1) is 13.0 Å². The van der Waals surface area contributed by atoms with Crippen molar-refractivity contribution in [2.45, 2.75) is 117 Å². The second-order valence-electron chi connectivity index (χ2n) is 7.04. The van der Waals surface area contributed by atoms with E-state index in [9.17, 15) is 4.79 Å². The Morgan fingerprint density at radius 3 is 1.48 bits per heavy atom. The smallest absolute Gasteiger partial charge is 0.308 e. The summed E-state index contributed by atoms with van der Waals surface area (Å²) in [6.07, 6.45) is 20.9. The van der Waals surface area contributed by atoms with Gasteiger partial charge in [-0.05, 0) is 12.8 Å². The number of ether oxygens (including phenoxy) is 1. The van der Waals surface area contributed by atoms with Gasteiger partial charge in [-0.1, -0.05) is 104 Å². The molecule has 0 aliphatic heterocycles. The summed E-state index contributed by atoms with van der Waals surface area (Å²) in [5, 5.41) is 0. The Balaban J connectivity index is 3.30. The number of carbonyl (C=O) groups excluding carboxylic acids is 1. The van der Waals surface area contributed by atoms with Crippen molar-refractivity contribution in [2.75, 3.05) is 7.11 Å². The summed E-state index contributed by atoms with van der Waals surface area (Å²) in [6.45, 7) is 4.42. The molecule has 0 radical (unpaired) electrons. The van der Waals surface area contributed by atoms with Crippen molar-refractivity contribution in [1.82, 2.24) is 0 Å². The molecule has 0 bridgehead atoms. The van der Waals surface area contributed by atoms with Crippen LogP contribution in [-0.4, -0.2) is 13.1 Å². The summed E-state index contributed by atoms with van der Waals surface area (Å²) in [5.41, 5.74) is 0. The minimum absolute atomic E-state index is 0.00853. The number of hydrogen-bond donors (Lipinski definition) is 0. The zero-order valence-corrected chi connectivity index (χ0v) is 16.2. The lowest BCUT2D eigenvalue weighted by atomic mass is 9.96. The quantitative estimate of drug-likeness (QED) is 0.211. The molecule has 0 aromatic rings. The molecule has 0 saturated carbocycles. The lowest BCUT2D eigenvalue weighted by Gasteiger charge is -2.13. The fourth-order valence-corrected chi connectivity index (χ4v) is 3.30. The fourth-order valence-electron chi connectivity index (χ4n) is 3.30. The van der Waals surface area contributed by atoms with E-state index in [4.69, 9.17) is 4.74 Å². The molecule has 0 amide bonds. The summed E-state index contributed by atoms with van der Waals surface area (Å²) in [4.78, 5) is 11.6. The van der Waals surface area contributed by atoms with Crippen molar-refractivity contribution >= 4 is 5.97 Å². The summed E-state index contributed by atoms with van der Waals surface area (Å²) in [5.74, 6) is 0.128. The molecule has 0 N–H and O–H groups in total. The standard InChI is InChI=1S/C21H42O2/c1-4-6-7-8-9-10-11-12-13-14-15-16-17-19-20(18-5-2)21(22)23-3/h20H,4-19H2,1-3H3. The second kappa shape index (κ2) is 17.8. The van der Waals surface area contributed by atoms with Crippen LogP contribution in [0.15, 0.2) is 0 Å². The molecule has 0 aliphatic carbocycles. The minimum atomic E-state index is -0.00853. The molecule has 2 nitrogen and oxygen atoms in total. The fraction of sp³-hybridized carbons (Fsp3) is 0.952. The number of carbonyl (C=O) groups is 1. The normalized spacial score (nSPS) is 12.3. The Kier molecular flexibility index (Phi) is 17.4. The SMILES string of the molecule is CCCCCCCCCCCCCCCC(CCC)C(=O)OC. The summed E-state index contributed by atoms with van der Waals surface area (Å²) < 4.78 is 4.89. The molecule has 0 aromatic heterocycles. The van der Waals surface area contributed by atoms with Gasteiger partial charge in [0.2, 0.25) is 0 Å². The Morgan fingerprint density at radius 1 is 0.652 bits per heavy atom.